The van der Waals surface area contributed by atoms with Gasteiger partial charge >= 0.3 is 12.1 Å². The molecule has 0 aliphatic heterocycles. The maximum absolute atomic E-state index is 13.9. The Morgan fingerprint density at radius 2 is 1.39 bits per heavy atom. The van der Waals surface area contributed by atoms with Gasteiger partial charge in [-0.1, -0.05) is 96.6 Å². The number of unbranched alkanes of at least 4 members (excludes halogenated alkanes) is 10. The van der Waals surface area contributed by atoms with E-state index < -0.39 is 23.7 Å². The van der Waals surface area contributed by atoms with Gasteiger partial charge in [-0.25, -0.2) is 9.59 Å². The van der Waals surface area contributed by atoms with Gasteiger partial charge < -0.3 is 14.4 Å². The Kier molecular flexibility index (Phi) is 16.4. The number of methoxy groups -OCH3 is 1. The van der Waals surface area contributed by atoms with Crippen molar-refractivity contribution in [2.45, 2.75) is 130 Å². The van der Waals surface area contributed by atoms with Crippen LogP contribution in [0.4, 0.5) is 10.5 Å². The zero-order valence-electron chi connectivity index (χ0n) is 24.8. The molecule has 1 unspecified atom stereocenters. The number of hydrogen-bond donors (Lipinski definition) is 1. The fourth-order valence-corrected chi connectivity index (χ4v) is 4.46. The van der Waals surface area contributed by atoms with Crippen molar-refractivity contribution in [2.75, 3.05) is 19.0 Å². The summed E-state index contributed by atoms with van der Waals surface area (Å²) in [6.45, 7) is 10.2. The number of para-hydroxylation sites is 1. The largest absolute Gasteiger partial charge is 0.467 e. The van der Waals surface area contributed by atoms with Crippen LogP contribution in [0.3, 0.4) is 0 Å². The van der Waals surface area contributed by atoms with E-state index in [1.54, 1.807) is 49.9 Å². The molecule has 0 bridgehead atoms. The van der Waals surface area contributed by atoms with Gasteiger partial charge in [0, 0.05) is 6.54 Å². The lowest BCUT2D eigenvalue weighted by atomic mass is 10.0. The molecule has 0 aliphatic rings. The number of anilines is 1. The minimum absolute atomic E-state index is 0.287. The zero-order chi connectivity index (χ0) is 28.4. The van der Waals surface area contributed by atoms with Crippen LogP contribution in [0.1, 0.15) is 128 Å². The molecule has 0 heterocycles. The summed E-state index contributed by atoms with van der Waals surface area (Å²) in [6.07, 6.45) is 13.1. The molecule has 7 heteroatoms. The van der Waals surface area contributed by atoms with E-state index in [-0.39, 0.29) is 5.91 Å². The first kappa shape index (κ1) is 33.5. The third-order valence-electron chi connectivity index (χ3n) is 6.49. The van der Waals surface area contributed by atoms with Gasteiger partial charge in [0.25, 0.3) is 5.91 Å². The van der Waals surface area contributed by atoms with Gasteiger partial charge in [0.2, 0.25) is 0 Å². The lowest BCUT2D eigenvalue weighted by molar-refractivity contribution is -0.146. The van der Waals surface area contributed by atoms with Crippen molar-refractivity contribution in [1.82, 2.24) is 4.90 Å². The summed E-state index contributed by atoms with van der Waals surface area (Å²) in [4.78, 5) is 41.0. The fraction of sp³-hybridized carbons (Fsp3) is 0.710. The summed E-state index contributed by atoms with van der Waals surface area (Å²) in [6, 6.07) is 6.22. The second-order valence-electron chi connectivity index (χ2n) is 11.0. The normalized spacial score (nSPS) is 12.1. The molecule has 7 nitrogen and oxygen atoms in total. The molecule has 0 aliphatic carbocycles. The molecule has 216 valence electrons. The van der Waals surface area contributed by atoms with E-state index in [1.807, 2.05) is 0 Å². The predicted octanol–water partition coefficient (Wildman–Crippen LogP) is 8.13. The molecule has 1 atom stereocenters. The Bertz CT molecular complexity index is 834. The Balaban J connectivity index is 3.09. The smallest absolute Gasteiger partial charge is 0.412 e. The van der Waals surface area contributed by atoms with E-state index in [4.69, 9.17) is 9.47 Å². The van der Waals surface area contributed by atoms with E-state index in [2.05, 4.69) is 19.2 Å². The standard InChI is InChI=1S/C31H52N2O5/c1-7-9-11-13-14-15-16-20-24-33(27(29(35)37-6)23-17-12-10-8-2)28(34)25-21-18-19-22-26(25)32-30(36)38-31(3,4)5/h18-19,21-22,27H,7-17,20,23-24H2,1-6H3,(H,32,36). The minimum atomic E-state index is -0.667. The first-order chi connectivity index (χ1) is 18.1. The number of nitrogens with zero attached hydrogens (tertiary/aromatic N) is 1. The topological polar surface area (TPSA) is 84.9 Å². The molecule has 0 radical (unpaired) electrons. The Morgan fingerprint density at radius 3 is 1.97 bits per heavy atom. The number of benzene rings is 1. The number of esters is 1. The first-order valence-corrected chi connectivity index (χ1v) is 14.6. The number of amides is 2. The molecule has 0 saturated carbocycles. The average molecular weight is 533 g/mol. The summed E-state index contributed by atoms with van der Waals surface area (Å²) >= 11 is 0. The second kappa shape index (κ2) is 18.6. The van der Waals surface area contributed by atoms with Gasteiger partial charge in [-0.05, 0) is 45.7 Å². The predicted molar refractivity (Wildman–Crippen MR) is 155 cm³/mol. The van der Waals surface area contributed by atoms with Gasteiger partial charge in [0.15, 0.2) is 0 Å². The molecule has 38 heavy (non-hydrogen) atoms. The third-order valence-corrected chi connectivity index (χ3v) is 6.49. The van der Waals surface area contributed by atoms with Crippen LogP contribution >= 0.6 is 0 Å². The van der Waals surface area contributed by atoms with Crippen molar-refractivity contribution >= 4 is 23.7 Å². The molecular formula is C31H52N2O5. The second-order valence-corrected chi connectivity index (χ2v) is 11.0. The van der Waals surface area contributed by atoms with Crippen molar-refractivity contribution in [2.24, 2.45) is 0 Å². The van der Waals surface area contributed by atoms with E-state index in [9.17, 15) is 14.4 Å². The van der Waals surface area contributed by atoms with Crippen molar-refractivity contribution < 1.29 is 23.9 Å². The summed E-state index contributed by atoms with van der Waals surface area (Å²) in [5.74, 6) is -0.683. The van der Waals surface area contributed by atoms with Crippen molar-refractivity contribution in [3.63, 3.8) is 0 Å². The minimum Gasteiger partial charge on any atom is -0.467 e. The Morgan fingerprint density at radius 1 is 0.842 bits per heavy atom. The maximum Gasteiger partial charge on any atom is 0.412 e. The lowest BCUT2D eigenvalue weighted by Crippen LogP contribution is -2.46. The number of hydrogen-bond acceptors (Lipinski definition) is 5. The van der Waals surface area contributed by atoms with Crippen LogP contribution in [0.5, 0.6) is 0 Å². The van der Waals surface area contributed by atoms with Crippen LogP contribution in [0.25, 0.3) is 0 Å². The quantitative estimate of drug-likeness (QED) is 0.152. The highest BCUT2D eigenvalue weighted by atomic mass is 16.6. The molecule has 0 aromatic heterocycles. The van der Waals surface area contributed by atoms with E-state index in [0.29, 0.717) is 24.2 Å². The average Bonchev–Trinajstić information content (AvgIpc) is 2.87. The van der Waals surface area contributed by atoms with Gasteiger partial charge in [-0.3, -0.25) is 10.1 Å². The van der Waals surface area contributed by atoms with Crippen LogP contribution in [-0.2, 0) is 14.3 Å². The van der Waals surface area contributed by atoms with Gasteiger partial charge in [0.05, 0.1) is 18.4 Å². The molecule has 1 aromatic carbocycles. The number of rotatable bonds is 18. The molecule has 2 amide bonds. The SMILES string of the molecule is CCCCCCCCCCN(C(=O)c1ccccc1NC(=O)OC(C)(C)C)C(CCCCCC)C(=O)OC. The molecular weight excluding hydrogens is 480 g/mol. The summed E-state index contributed by atoms with van der Waals surface area (Å²) in [5.41, 5.74) is 0.0303. The molecule has 1 N–H and O–H groups in total. The molecule has 1 aromatic rings. The van der Waals surface area contributed by atoms with Gasteiger partial charge in [-0.2, -0.15) is 0 Å². The molecule has 0 spiro atoms. The number of ether oxygens (including phenoxy) is 2. The fourth-order valence-electron chi connectivity index (χ4n) is 4.46. The van der Waals surface area contributed by atoms with Crippen LogP contribution in [0, 0.1) is 0 Å². The van der Waals surface area contributed by atoms with Crippen molar-refractivity contribution in [3.8, 4) is 0 Å². The Hall–Kier alpha value is -2.57. The highest BCUT2D eigenvalue weighted by Crippen LogP contribution is 2.23. The first-order valence-electron chi connectivity index (χ1n) is 14.6. The van der Waals surface area contributed by atoms with Crippen molar-refractivity contribution in [3.05, 3.63) is 29.8 Å². The van der Waals surface area contributed by atoms with Crippen LogP contribution < -0.4 is 5.32 Å². The summed E-state index contributed by atoms with van der Waals surface area (Å²) in [5, 5.41) is 2.72. The summed E-state index contributed by atoms with van der Waals surface area (Å²) < 4.78 is 10.5. The zero-order valence-corrected chi connectivity index (χ0v) is 24.8. The van der Waals surface area contributed by atoms with Crippen LogP contribution in [0.2, 0.25) is 0 Å². The maximum atomic E-state index is 13.9. The van der Waals surface area contributed by atoms with Gasteiger partial charge in [0.1, 0.15) is 11.6 Å². The van der Waals surface area contributed by atoms with Crippen molar-refractivity contribution in [1.29, 1.82) is 0 Å². The monoisotopic (exact) mass is 532 g/mol. The number of carbonyl (C=O) groups is 3. The van der Waals surface area contributed by atoms with E-state index in [0.717, 1.165) is 44.9 Å². The van der Waals surface area contributed by atoms with E-state index >= 15 is 0 Å². The van der Waals surface area contributed by atoms with Crippen LogP contribution in [0.15, 0.2) is 24.3 Å². The Labute approximate surface area is 231 Å². The number of nitrogens with one attached hydrogen (secondary N) is 1. The molecule has 0 fully saturated rings. The number of carbonyl (C=O) groups excluding carboxylic acids is 3. The van der Waals surface area contributed by atoms with Gasteiger partial charge in [-0.15, -0.1) is 0 Å². The molecule has 1 rings (SSSR count). The summed E-state index contributed by atoms with van der Waals surface area (Å²) in [7, 11) is 1.37. The highest BCUT2D eigenvalue weighted by molar-refractivity contribution is 6.04. The van der Waals surface area contributed by atoms with E-state index in [1.165, 1.54) is 39.2 Å². The van der Waals surface area contributed by atoms with Crippen LogP contribution in [-0.4, -0.2) is 48.2 Å². The molecule has 0 saturated heterocycles. The highest BCUT2D eigenvalue weighted by Gasteiger charge is 2.32. The third kappa shape index (κ3) is 13.3. The lowest BCUT2D eigenvalue weighted by Gasteiger charge is -2.31.